The van der Waals surface area contributed by atoms with Crippen molar-refractivity contribution < 1.29 is 4.74 Å². The minimum atomic E-state index is 1.02. The fourth-order valence-corrected chi connectivity index (χ4v) is 2.70. The number of ether oxygens (including phenoxy) is 1. The van der Waals surface area contributed by atoms with Crippen LogP contribution in [0.4, 0.5) is 0 Å². The van der Waals surface area contributed by atoms with E-state index in [1.807, 2.05) is 0 Å². The first kappa shape index (κ1) is 13.7. The number of methoxy groups -OCH3 is 1. The second-order valence-corrected chi connectivity index (χ2v) is 5.40. The van der Waals surface area contributed by atoms with Gasteiger partial charge in [-0.05, 0) is 30.4 Å². The largest absolute Gasteiger partial charge is 0.496 e. The molecule has 1 aliphatic rings. The predicted molar refractivity (Wildman–Crippen MR) is 77.8 cm³/mol. The average Bonchev–Trinajstić information content (AvgIpc) is 2.46. The summed E-state index contributed by atoms with van der Waals surface area (Å²) in [7, 11) is 1.76. The molecule has 0 spiro atoms. The van der Waals surface area contributed by atoms with Gasteiger partial charge in [-0.3, -0.25) is 0 Å². The van der Waals surface area contributed by atoms with Crippen LogP contribution in [0.15, 0.2) is 23.1 Å². The second-order valence-electron chi connectivity index (χ2n) is 4.52. The van der Waals surface area contributed by atoms with E-state index < -0.39 is 0 Å². The molecule has 0 amide bonds. The van der Waals surface area contributed by atoms with E-state index in [-0.39, 0.29) is 0 Å². The summed E-state index contributed by atoms with van der Waals surface area (Å²) in [6.45, 7) is 5.66. The maximum atomic E-state index is 5.48. The molecule has 100 valence electrons. The van der Waals surface area contributed by atoms with Crippen LogP contribution in [-0.4, -0.2) is 51.0 Å². The number of hydrogen-bond acceptors (Lipinski definition) is 4. The van der Waals surface area contributed by atoms with Gasteiger partial charge in [0.25, 0.3) is 0 Å². The molecule has 1 aromatic rings. The Balaban J connectivity index is 1.95. The first-order valence-electron chi connectivity index (χ1n) is 6.47. The highest BCUT2D eigenvalue weighted by molar-refractivity contribution is 7.98. The van der Waals surface area contributed by atoms with Gasteiger partial charge in [0.05, 0.1) is 7.11 Å². The molecule has 0 saturated carbocycles. The van der Waals surface area contributed by atoms with Crippen molar-refractivity contribution in [2.24, 2.45) is 0 Å². The number of piperazine rings is 1. The second kappa shape index (κ2) is 7.02. The minimum absolute atomic E-state index is 1.02. The molecule has 0 bridgehead atoms. The molecule has 0 unspecified atom stereocenters. The van der Waals surface area contributed by atoms with E-state index in [0.717, 1.165) is 44.9 Å². The first-order chi connectivity index (χ1) is 8.83. The van der Waals surface area contributed by atoms with Gasteiger partial charge < -0.3 is 15.0 Å². The molecular formula is C14H22N2OS. The van der Waals surface area contributed by atoms with Crippen LogP contribution in [-0.2, 0) is 6.42 Å². The topological polar surface area (TPSA) is 24.5 Å². The summed E-state index contributed by atoms with van der Waals surface area (Å²) in [5.74, 6) is 1.02. The van der Waals surface area contributed by atoms with E-state index >= 15 is 0 Å². The lowest BCUT2D eigenvalue weighted by Crippen LogP contribution is -2.44. The zero-order valence-electron chi connectivity index (χ0n) is 11.2. The van der Waals surface area contributed by atoms with Crippen LogP contribution < -0.4 is 10.1 Å². The van der Waals surface area contributed by atoms with Gasteiger partial charge in [-0.2, -0.15) is 0 Å². The van der Waals surface area contributed by atoms with Crippen molar-refractivity contribution in [2.75, 3.05) is 46.1 Å². The summed E-state index contributed by atoms with van der Waals surface area (Å²) >= 11 is 1.75. The summed E-state index contributed by atoms with van der Waals surface area (Å²) in [4.78, 5) is 3.77. The summed E-state index contributed by atoms with van der Waals surface area (Å²) < 4.78 is 5.48. The summed E-state index contributed by atoms with van der Waals surface area (Å²) in [6.07, 6.45) is 3.16. The lowest BCUT2D eigenvalue weighted by molar-refractivity contribution is 0.243. The maximum absolute atomic E-state index is 5.48. The molecule has 1 heterocycles. The van der Waals surface area contributed by atoms with Gasteiger partial charge in [-0.25, -0.2) is 0 Å². The fourth-order valence-electron chi connectivity index (χ4n) is 2.27. The van der Waals surface area contributed by atoms with Crippen LogP contribution >= 0.6 is 11.8 Å². The van der Waals surface area contributed by atoms with Crippen LogP contribution in [0.5, 0.6) is 5.75 Å². The quantitative estimate of drug-likeness (QED) is 0.822. The third kappa shape index (κ3) is 3.64. The van der Waals surface area contributed by atoms with Crippen molar-refractivity contribution in [1.29, 1.82) is 0 Å². The molecule has 1 aromatic carbocycles. The van der Waals surface area contributed by atoms with E-state index in [2.05, 4.69) is 34.7 Å². The highest BCUT2D eigenvalue weighted by atomic mass is 32.2. The first-order valence-corrected chi connectivity index (χ1v) is 7.70. The molecule has 0 aromatic heterocycles. The maximum Gasteiger partial charge on any atom is 0.123 e. The lowest BCUT2D eigenvalue weighted by Gasteiger charge is -2.27. The molecular weight excluding hydrogens is 244 g/mol. The number of hydrogen-bond donors (Lipinski definition) is 1. The molecule has 18 heavy (non-hydrogen) atoms. The van der Waals surface area contributed by atoms with Crippen molar-refractivity contribution in [3.8, 4) is 5.75 Å². The van der Waals surface area contributed by atoms with E-state index in [0.29, 0.717) is 0 Å². The fraction of sp³-hybridized carbons (Fsp3) is 0.571. The van der Waals surface area contributed by atoms with Gasteiger partial charge in [0, 0.05) is 37.6 Å². The Morgan fingerprint density at radius 1 is 1.33 bits per heavy atom. The number of nitrogens with zero attached hydrogens (tertiary/aromatic N) is 1. The molecule has 1 saturated heterocycles. The lowest BCUT2D eigenvalue weighted by atomic mass is 10.1. The molecule has 0 radical (unpaired) electrons. The van der Waals surface area contributed by atoms with E-state index in [1.54, 1.807) is 18.9 Å². The predicted octanol–water partition coefficient (Wildman–Crippen LogP) is 1.86. The van der Waals surface area contributed by atoms with Crippen LogP contribution in [0, 0.1) is 0 Å². The van der Waals surface area contributed by atoms with Crippen LogP contribution in [0.2, 0.25) is 0 Å². The van der Waals surface area contributed by atoms with Gasteiger partial charge in [0.15, 0.2) is 0 Å². The van der Waals surface area contributed by atoms with Crippen molar-refractivity contribution in [2.45, 2.75) is 11.3 Å². The molecule has 1 aliphatic heterocycles. The summed E-state index contributed by atoms with van der Waals surface area (Å²) in [6, 6.07) is 6.52. The summed E-state index contributed by atoms with van der Waals surface area (Å²) in [5, 5.41) is 3.38. The Kier molecular flexibility index (Phi) is 5.35. The Hall–Kier alpha value is -0.710. The Labute approximate surface area is 114 Å². The zero-order chi connectivity index (χ0) is 12.8. The number of rotatable bonds is 5. The molecule has 2 rings (SSSR count). The van der Waals surface area contributed by atoms with Gasteiger partial charge in [-0.15, -0.1) is 11.8 Å². The molecule has 1 fully saturated rings. The number of benzene rings is 1. The van der Waals surface area contributed by atoms with Crippen molar-refractivity contribution in [1.82, 2.24) is 10.2 Å². The standard InChI is InChI=1S/C14H22N2OS/c1-17-14-11-13(18-2)4-3-12(14)5-8-16-9-6-15-7-10-16/h3-4,11,15H,5-10H2,1-2H3. The number of nitrogens with one attached hydrogen (secondary N) is 1. The molecule has 1 N–H and O–H groups in total. The van der Waals surface area contributed by atoms with Gasteiger partial charge in [-0.1, -0.05) is 6.07 Å². The molecule has 4 heteroatoms. The monoisotopic (exact) mass is 266 g/mol. The van der Waals surface area contributed by atoms with Crippen LogP contribution in [0.25, 0.3) is 0 Å². The molecule has 0 atom stereocenters. The smallest absolute Gasteiger partial charge is 0.123 e. The highest BCUT2D eigenvalue weighted by Gasteiger charge is 2.11. The molecule has 0 aliphatic carbocycles. The Bertz CT molecular complexity index is 378. The Morgan fingerprint density at radius 3 is 2.78 bits per heavy atom. The van der Waals surface area contributed by atoms with Crippen LogP contribution in [0.1, 0.15) is 5.56 Å². The Morgan fingerprint density at radius 2 is 2.11 bits per heavy atom. The third-order valence-electron chi connectivity index (χ3n) is 3.40. The SMILES string of the molecule is COc1cc(SC)ccc1CCN1CCNCC1. The zero-order valence-corrected chi connectivity index (χ0v) is 12.1. The van der Waals surface area contributed by atoms with E-state index in [1.165, 1.54) is 10.5 Å². The van der Waals surface area contributed by atoms with Crippen molar-refractivity contribution in [3.63, 3.8) is 0 Å². The van der Waals surface area contributed by atoms with Crippen molar-refractivity contribution in [3.05, 3.63) is 23.8 Å². The van der Waals surface area contributed by atoms with Gasteiger partial charge in [0.2, 0.25) is 0 Å². The number of thioether (sulfide) groups is 1. The summed E-state index contributed by atoms with van der Waals surface area (Å²) in [5.41, 5.74) is 1.31. The van der Waals surface area contributed by atoms with E-state index in [9.17, 15) is 0 Å². The third-order valence-corrected chi connectivity index (χ3v) is 4.13. The normalized spacial score (nSPS) is 16.8. The average molecular weight is 266 g/mol. The molecule has 3 nitrogen and oxygen atoms in total. The van der Waals surface area contributed by atoms with E-state index in [4.69, 9.17) is 4.74 Å². The van der Waals surface area contributed by atoms with Crippen molar-refractivity contribution >= 4 is 11.8 Å². The van der Waals surface area contributed by atoms with Gasteiger partial charge >= 0.3 is 0 Å². The van der Waals surface area contributed by atoms with Gasteiger partial charge in [0.1, 0.15) is 5.75 Å². The highest BCUT2D eigenvalue weighted by Crippen LogP contribution is 2.25. The minimum Gasteiger partial charge on any atom is -0.496 e. The van der Waals surface area contributed by atoms with Crippen LogP contribution in [0.3, 0.4) is 0 Å².